The van der Waals surface area contributed by atoms with Crippen molar-refractivity contribution in [1.29, 1.82) is 0 Å². The summed E-state index contributed by atoms with van der Waals surface area (Å²) in [6, 6.07) is 11.9. The average Bonchev–Trinajstić information content (AvgIpc) is 2.80. The number of nitrogens with zero attached hydrogens (tertiary/aromatic N) is 2. The zero-order valence-corrected chi connectivity index (χ0v) is 11.7. The van der Waals surface area contributed by atoms with Crippen LogP contribution in [-0.4, -0.2) is 14.8 Å². The molecule has 3 aromatic rings. The second-order valence-corrected chi connectivity index (χ2v) is 4.97. The molecule has 4 heteroatoms. The number of benzene rings is 1. The maximum absolute atomic E-state index is 12.0. The van der Waals surface area contributed by atoms with Crippen LogP contribution in [0.25, 0.3) is 10.9 Å². The van der Waals surface area contributed by atoms with E-state index in [0.717, 1.165) is 28.9 Å². The lowest BCUT2D eigenvalue weighted by molar-refractivity contribution is 0.689. The van der Waals surface area contributed by atoms with E-state index in [1.807, 2.05) is 41.9 Å². The minimum Gasteiger partial charge on any atom is -0.326 e. The highest BCUT2D eigenvalue weighted by Gasteiger charge is 2.10. The Balaban J connectivity index is 2.09. The van der Waals surface area contributed by atoms with Gasteiger partial charge in [0.05, 0.1) is 17.8 Å². The molecule has 0 radical (unpaired) electrons. The monoisotopic (exact) mass is 267 g/mol. The predicted octanol–water partition coefficient (Wildman–Crippen LogP) is 2.64. The number of aromatic nitrogens is 3. The molecule has 0 amide bonds. The van der Waals surface area contributed by atoms with E-state index < -0.39 is 0 Å². The Morgan fingerprint density at radius 3 is 2.75 bits per heavy atom. The first-order valence-electron chi connectivity index (χ1n) is 6.82. The molecule has 2 aromatic heterocycles. The van der Waals surface area contributed by atoms with Crippen LogP contribution in [0.3, 0.4) is 0 Å². The van der Waals surface area contributed by atoms with Crippen LogP contribution in [0.4, 0.5) is 0 Å². The molecule has 20 heavy (non-hydrogen) atoms. The molecule has 3 rings (SSSR count). The number of hydrogen-bond donors (Lipinski definition) is 1. The van der Waals surface area contributed by atoms with Gasteiger partial charge in [0.2, 0.25) is 0 Å². The van der Waals surface area contributed by atoms with Gasteiger partial charge < -0.3 is 4.98 Å². The van der Waals surface area contributed by atoms with Crippen LogP contribution < -0.4 is 5.56 Å². The third kappa shape index (κ3) is 2.13. The molecule has 1 aromatic carbocycles. The first-order chi connectivity index (χ1) is 9.69. The molecule has 0 bridgehead atoms. The first kappa shape index (κ1) is 12.7. The number of aryl methyl sites for hydroxylation is 2. The third-order valence-corrected chi connectivity index (χ3v) is 3.53. The lowest BCUT2D eigenvalue weighted by Crippen LogP contribution is -2.16. The lowest BCUT2D eigenvalue weighted by Gasteiger charge is -2.03. The second kappa shape index (κ2) is 4.96. The Bertz CT molecular complexity index is 814. The maximum atomic E-state index is 12.0. The van der Waals surface area contributed by atoms with Gasteiger partial charge in [0.1, 0.15) is 0 Å². The molecular formula is C16H17N3O. The van der Waals surface area contributed by atoms with Crippen LogP contribution in [0.15, 0.2) is 41.2 Å². The van der Waals surface area contributed by atoms with E-state index in [-0.39, 0.29) is 5.56 Å². The summed E-state index contributed by atoms with van der Waals surface area (Å²) >= 11 is 0. The predicted molar refractivity (Wildman–Crippen MR) is 80.0 cm³/mol. The van der Waals surface area contributed by atoms with E-state index in [0.29, 0.717) is 6.54 Å². The van der Waals surface area contributed by atoms with Crippen molar-refractivity contribution in [2.75, 3.05) is 0 Å². The summed E-state index contributed by atoms with van der Waals surface area (Å²) in [5.74, 6) is 0. The van der Waals surface area contributed by atoms with Crippen molar-refractivity contribution in [3.8, 4) is 0 Å². The fourth-order valence-corrected chi connectivity index (χ4v) is 2.47. The van der Waals surface area contributed by atoms with Gasteiger partial charge in [-0.25, -0.2) is 0 Å². The van der Waals surface area contributed by atoms with E-state index in [1.165, 1.54) is 5.39 Å². The molecule has 0 aliphatic heterocycles. The van der Waals surface area contributed by atoms with Crippen LogP contribution in [0.1, 0.15) is 23.9 Å². The van der Waals surface area contributed by atoms with Gasteiger partial charge in [0.25, 0.3) is 5.56 Å². The largest absolute Gasteiger partial charge is 0.326 e. The summed E-state index contributed by atoms with van der Waals surface area (Å²) in [7, 11) is 0. The highest BCUT2D eigenvalue weighted by atomic mass is 16.1. The number of H-pyrrole nitrogens is 1. The minimum atomic E-state index is -0.0392. The summed E-state index contributed by atoms with van der Waals surface area (Å²) in [5.41, 5.74) is 3.71. The maximum Gasteiger partial charge on any atom is 0.253 e. The summed E-state index contributed by atoms with van der Waals surface area (Å²) in [6.07, 6.45) is 0.887. The summed E-state index contributed by atoms with van der Waals surface area (Å²) in [5, 5.41) is 5.80. The SMILES string of the molecule is CCc1nn(Cc2ccc(C)[nH]c2=O)c2ccccc12. The molecule has 0 fully saturated rings. The molecule has 102 valence electrons. The van der Waals surface area contributed by atoms with Gasteiger partial charge >= 0.3 is 0 Å². The quantitative estimate of drug-likeness (QED) is 0.793. The van der Waals surface area contributed by atoms with Crippen molar-refractivity contribution in [2.24, 2.45) is 0 Å². The molecule has 0 unspecified atom stereocenters. The zero-order valence-electron chi connectivity index (χ0n) is 11.7. The van der Waals surface area contributed by atoms with Crippen molar-refractivity contribution in [3.63, 3.8) is 0 Å². The van der Waals surface area contributed by atoms with E-state index in [4.69, 9.17) is 0 Å². The van der Waals surface area contributed by atoms with Gasteiger partial charge in [-0.3, -0.25) is 9.48 Å². The highest BCUT2D eigenvalue weighted by Crippen LogP contribution is 2.19. The lowest BCUT2D eigenvalue weighted by atomic mass is 10.2. The summed E-state index contributed by atoms with van der Waals surface area (Å²) < 4.78 is 1.91. The normalized spacial score (nSPS) is 11.1. The summed E-state index contributed by atoms with van der Waals surface area (Å²) in [4.78, 5) is 14.8. The Morgan fingerprint density at radius 1 is 1.20 bits per heavy atom. The molecule has 0 atom stereocenters. The number of aromatic amines is 1. The van der Waals surface area contributed by atoms with Crippen LogP contribution in [0, 0.1) is 6.92 Å². The van der Waals surface area contributed by atoms with Crippen molar-refractivity contribution >= 4 is 10.9 Å². The minimum absolute atomic E-state index is 0.0392. The van der Waals surface area contributed by atoms with Crippen LogP contribution in [-0.2, 0) is 13.0 Å². The number of para-hydroxylation sites is 1. The Kier molecular flexibility index (Phi) is 3.14. The van der Waals surface area contributed by atoms with E-state index in [1.54, 1.807) is 0 Å². The Hall–Kier alpha value is -2.36. The molecule has 2 heterocycles. The van der Waals surface area contributed by atoms with Gasteiger partial charge in [0, 0.05) is 16.6 Å². The average molecular weight is 267 g/mol. The molecule has 4 nitrogen and oxygen atoms in total. The van der Waals surface area contributed by atoms with E-state index in [2.05, 4.69) is 23.1 Å². The van der Waals surface area contributed by atoms with Crippen molar-refractivity contribution in [2.45, 2.75) is 26.8 Å². The Labute approximate surface area is 117 Å². The van der Waals surface area contributed by atoms with Gasteiger partial charge in [-0.15, -0.1) is 0 Å². The van der Waals surface area contributed by atoms with Gasteiger partial charge in [-0.1, -0.05) is 25.1 Å². The third-order valence-electron chi connectivity index (χ3n) is 3.53. The molecule has 0 aliphatic carbocycles. The van der Waals surface area contributed by atoms with Crippen LogP contribution in [0.2, 0.25) is 0 Å². The molecule has 0 saturated heterocycles. The number of pyridine rings is 1. The Morgan fingerprint density at radius 2 is 2.00 bits per heavy atom. The molecule has 0 spiro atoms. The molecule has 0 saturated carbocycles. The number of rotatable bonds is 3. The summed E-state index contributed by atoms with van der Waals surface area (Å²) in [6.45, 7) is 4.47. The first-order valence-corrected chi connectivity index (χ1v) is 6.82. The van der Waals surface area contributed by atoms with Crippen LogP contribution >= 0.6 is 0 Å². The highest BCUT2D eigenvalue weighted by molar-refractivity contribution is 5.82. The van der Waals surface area contributed by atoms with Crippen molar-refractivity contribution < 1.29 is 0 Å². The van der Waals surface area contributed by atoms with Gasteiger partial charge in [-0.2, -0.15) is 5.10 Å². The smallest absolute Gasteiger partial charge is 0.253 e. The number of hydrogen-bond acceptors (Lipinski definition) is 2. The van der Waals surface area contributed by atoms with Gasteiger partial charge in [-0.05, 0) is 31.5 Å². The zero-order chi connectivity index (χ0) is 14.1. The van der Waals surface area contributed by atoms with E-state index in [9.17, 15) is 4.79 Å². The van der Waals surface area contributed by atoms with Crippen LogP contribution in [0.5, 0.6) is 0 Å². The fraction of sp³-hybridized carbons (Fsp3) is 0.250. The molecule has 1 N–H and O–H groups in total. The standard InChI is InChI=1S/C16H17N3O/c1-3-14-13-6-4-5-7-15(13)19(18-14)10-12-9-8-11(2)17-16(12)20/h4-9H,3,10H2,1-2H3,(H,17,20). The van der Waals surface area contributed by atoms with Crippen molar-refractivity contribution in [3.05, 3.63) is 63.7 Å². The fourth-order valence-electron chi connectivity index (χ4n) is 2.47. The number of nitrogens with one attached hydrogen (secondary N) is 1. The van der Waals surface area contributed by atoms with Crippen molar-refractivity contribution in [1.82, 2.24) is 14.8 Å². The second-order valence-electron chi connectivity index (χ2n) is 4.97. The number of fused-ring (bicyclic) bond motifs is 1. The topological polar surface area (TPSA) is 50.7 Å². The van der Waals surface area contributed by atoms with Gasteiger partial charge in [0.15, 0.2) is 0 Å². The molecule has 0 aliphatic rings. The molecular weight excluding hydrogens is 250 g/mol. The van der Waals surface area contributed by atoms with E-state index >= 15 is 0 Å².